The number of aromatic nitrogens is 1. The molecule has 0 unspecified atom stereocenters. The largest absolute Gasteiger partial charge is 0.374 e. The zero-order valence-electron chi connectivity index (χ0n) is 13.6. The molecule has 1 saturated carbocycles. The maximum atomic E-state index is 12.2. The summed E-state index contributed by atoms with van der Waals surface area (Å²) in [6, 6.07) is 15.8. The Morgan fingerprint density at radius 1 is 1.29 bits per heavy atom. The number of amides is 1. The minimum Gasteiger partial charge on any atom is -0.374 e. The summed E-state index contributed by atoms with van der Waals surface area (Å²) in [5.41, 5.74) is 1.82. The van der Waals surface area contributed by atoms with Gasteiger partial charge in [0.2, 0.25) is 5.91 Å². The molecule has 1 aromatic heterocycles. The summed E-state index contributed by atoms with van der Waals surface area (Å²) in [4.78, 5) is 16.6. The number of anilines is 1. The minimum absolute atomic E-state index is 0.107. The highest BCUT2D eigenvalue weighted by atomic mass is 16.2. The quantitative estimate of drug-likeness (QED) is 0.858. The molecule has 1 amide bonds. The number of carbonyl (C=O) groups is 1. The van der Waals surface area contributed by atoms with Crippen LogP contribution in [0.4, 0.5) is 5.69 Å². The molecule has 3 rings (SSSR count). The van der Waals surface area contributed by atoms with Crippen molar-refractivity contribution in [3.05, 3.63) is 48.7 Å². The van der Waals surface area contributed by atoms with Crippen molar-refractivity contribution in [2.75, 3.05) is 11.9 Å². The first-order valence-electron chi connectivity index (χ1n) is 8.09. The standard InChI is InChI=1S/C19H20N4O/c1-19(13-20,15-9-10-15)23-17(24)12-22-16-8-5-11-21-18(16)14-6-3-2-4-7-14/h2-8,11,15,22H,9-10,12H2,1H3,(H,23,24)/t19-/m0/s1. The lowest BCUT2D eigenvalue weighted by molar-refractivity contribution is -0.120. The molecule has 1 aliphatic carbocycles. The van der Waals surface area contributed by atoms with E-state index in [2.05, 4.69) is 21.7 Å². The second-order valence-corrected chi connectivity index (χ2v) is 6.26. The summed E-state index contributed by atoms with van der Waals surface area (Å²) in [7, 11) is 0. The predicted molar refractivity (Wildman–Crippen MR) is 93.0 cm³/mol. The van der Waals surface area contributed by atoms with Gasteiger partial charge in [-0.3, -0.25) is 9.78 Å². The number of pyridine rings is 1. The Bertz CT molecular complexity index is 764. The van der Waals surface area contributed by atoms with Gasteiger partial charge in [0.25, 0.3) is 0 Å². The number of hydrogen-bond acceptors (Lipinski definition) is 4. The van der Waals surface area contributed by atoms with Crippen LogP contribution in [0.5, 0.6) is 0 Å². The van der Waals surface area contributed by atoms with E-state index in [1.54, 1.807) is 13.1 Å². The molecular weight excluding hydrogens is 300 g/mol. The van der Waals surface area contributed by atoms with Gasteiger partial charge in [0.15, 0.2) is 0 Å². The second kappa shape index (κ2) is 6.71. The number of carbonyl (C=O) groups excluding carboxylic acids is 1. The molecule has 0 bridgehead atoms. The van der Waals surface area contributed by atoms with Crippen molar-refractivity contribution in [1.29, 1.82) is 5.26 Å². The molecule has 1 fully saturated rings. The Balaban J connectivity index is 1.67. The van der Waals surface area contributed by atoms with Crippen LogP contribution < -0.4 is 10.6 Å². The highest BCUT2D eigenvalue weighted by Crippen LogP contribution is 2.39. The van der Waals surface area contributed by atoms with Crippen molar-refractivity contribution in [2.45, 2.75) is 25.3 Å². The highest BCUT2D eigenvalue weighted by Gasteiger charge is 2.42. The Kier molecular flexibility index (Phi) is 4.48. The third-order valence-electron chi connectivity index (χ3n) is 4.32. The summed E-state index contributed by atoms with van der Waals surface area (Å²) >= 11 is 0. The van der Waals surface area contributed by atoms with E-state index in [4.69, 9.17) is 0 Å². The lowest BCUT2D eigenvalue weighted by atomic mass is 9.98. The molecule has 1 aliphatic rings. The molecule has 2 aromatic rings. The molecule has 0 spiro atoms. The second-order valence-electron chi connectivity index (χ2n) is 6.26. The average Bonchev–Trinajstić information content (AvgIpc) is 3.46. The molecule has 0 saturated heterocycles. The van der Waals surface area contributed by atoms with Crippen molar-refractivity contribution >= 4 is 11.6 Å². The van der Waals surface area contributed by atoms with Gasteiger partial charge in [-0.2, -0.15) is 5.26 Å². The van der Waals surface area contributed by atoms with E-state index < -0.39 is 5.54 Å². The van der Waals surface area contributed by atoms with E-state index in [0.29, 0.717) is 0 Å². The molecule has 5 heteroatoms. The van der Waals surface area contributed by atoms with E-state index in [0.717, 1.165) is 29.8 Å². The third kappa shape index (κ3) is 3.54. The van der Waals surface area contributed by atoms with Gasteiger partial charge in [0.1, 0.15) is 5.54 Å². The van der Waals surface area contributed by atoms with Crippen LogP contribution in [-0.4, -0.2) is 23.0 Å². The topological polar surface area (TPSA) is 77.8 Å². The van der Waals surface area contributed by atoms with E-state index >= 15 is 0 Å². The number of rotatable bonds is 6. The smallest absolute Gasteiger partial charge is 0.240 e. The summed E-state index contributed by atoms with van der Waals surface area (Å²) in [6.45, 7) is 1.90. The number of hydrogen-bond donors (Lipinski definition) is 2. The van der Waals surface area contributed by atoms with E-state index in [9.17, 15) is 10.1 Å². The van der Waals surface area contributed by atoms with Gasteiger partial charge in [-0.1, -0.05) is 30.3 Å². The predicted octanol–water partition coefficient (Wildman–Crippen LogP) is 2.97. The average molecular weight is 320 g/mol. The SMILES string of the molecule is C[C@@](C#N)(NC(=O)CNc1cccnc1-c1ccccc1)C1CC1. The summed E-state index contributed by atoms with van der Waals surface area (Å²) in [6.07, 6.45) is 3.73. The van der Waals surface area contributed by atoms with E-state index in [1.165, 1.54) is 0 Å². The minimum atomic E-state index is -0.768. The monoisotopic (exact) mass is 320 g/mol. The summed E-state index contributed by atoms with van der Waals surface area (Å²) in [5, 5.41) is 15.3. The zero-order chi connectivity index (χ0) is 17.0. The Labute approximate surface area is 141 Å². The first-order chi connectivity index (χ1) is 11.6. The highest BCUT2D eigenvalue weighted by molar-refractivity contribution is 5.84. The van der Waals surface area contributed by atoms with Crippen molar-refractivity contribution in [3.63, 3.8) is 0 Å². The fraction of sp³-hybridized carbons (Fsp3) is 0.316. The molecule has 1 heterocycles. The van der Waals surface area contributed by atoms with Crippen LogP contribution in [0.1, 0.15) is 19.8 Å². The number of benzene rings is 1. The van der Waals surface area contributed by atoms with Crippen molar-refractivity contribution in [2.24, 2.45) is 5.92 Å². The molecule has 1 aromatic carbocycles. The van der Waals surface area contributed by atoms with Crippen LogP contribution in [0.15, 0.2) is 48.7 Å². The summed E-state index contributed by atoms with van der Waals surface area (Å²) < 4.78 is 0. The van der Waals surface area contributed by atoms with Gasteiger partial charge in [-0.05, 0) is 37.8 Å². The summed E-state index contributed by atoms with van der Waals surface area (Å²) in [5.74, 6) is 0.0820. The van der Waals surface area contributed by atoms with Crippen LogP contribution in [0.2, 0.25) is 0 Å². The fourth-order valence-electron chi connectivity index (χ4n) is 2.77. The lowest BCUT2D eigenvalue weighted by Crippen LogP contribution is -2.48. The molecule has 0 radical (unpaired) electrons. The van der Waals surface area contributed by atoms with Gasteiger partial charge in [0, 0.05) is 11.8 Å². The molecule has 24 heavy (non-hydrogen) atoms. The van der Waals surface area contributed by atoms with Crippen LogP contribution in [0, 0.1) is 17.2 Å². The Morgan fingerprint density at radius 2 is 2.04 bits per heavy atom. The van der Waals surface area contributed by atoms with Gasteiger partial charge in [0.05, 0.1) is 24.0 Å². The molecule has 122 valence electrons. The normalized spacial score (nSPS) is 15.8. The first kappa shape index (κ1) is 16.0. The van der Waals surface area contributed by atoms with Gasteiger partial charge in [-0.15, -0.1) is 0 Å². The van der Waals surface area contributed by atoms with Gasteiger partial charge < -0.3 is 10.6 Å². The van der Waals surface area contributed by atoms with Crippen LogP contribution >= 0.6 is 0 Å². The van der Waals surface area contributed by atoms with Crippen molar-refractivity contribution < 1.29 is 4.79 Å². The number of nitrogens with zero attached hydrogens (tertiary/aromatic N) is 2. The first-order valence-corrected chi connectivity index (χ1v) is 8.09. The lowest BCUT2D eigenvalue weighted by Gasteiger charge is -2.23. The molecule has 2 N–H and O–H groups in total. The molecular formula is C19H20N4O. The zero-order valence-corrected chi connectivity index (χ0v) is 13.6. The number of nitrogens with one attached hydrogen (secondary N) is 2. The van der Waals surface area contributed by atoms with E-state index in [-0.39, 0.29) is 18.4 Å². The Hall–Kier alpha value is -2.87. The van der Waals surface area contributed by atoms with Crippen molar-refractivity contribution in [3.8, 4) is 17.3 Å². The molecule has 1 atom stereocenters. The van der Waals surface area contributed by atoms with Crippen LogP contribution in [-0.2, 0) is 4.79 Å². The molecule has 0 aliphatic heterocycles. The Morgan fingerprint density at radius 3 is 2.71 bits per heavy atom. The van der Waals surface area contributed by atoms with Crippen molar-refractivity contribution in [1.82, 2.24) is 10.3 Å². The van der Waals surface area contributed by atoms with Gasteiger partial charge in [-0.25, -0.2) is 0 Å². The fourth-order valence-corrected chi connectivity index (χ4v) is 2.77. The maximum absolute atomic E-state index is 12.2. The van der Waals surface area contributed by atoms with E-state index in [1.807, 2.05) is 42.5 Å². The number of nitriles is 1. The van der Waals surface area contributed by atoms with Crippen LogP contribution in [0.25, 0.3) is 11.3 Å². The molecule has 5 nitrogen and oxygen atoms in total. The third-order valence-corrected chi connectivity index (χ3v) is 4.32. The van der Waals surface area contributed by atoms with Gasteiger partial charge >= 0.3 is 0 Å². The van der Waals surface area contributed by atoms with Crippen LogP contribution in [0.3, 0.4) is 0 Å². The maximum Gasteiger partial charge on any atom is 0.240 e.